The van der Waals surface area contributed by atoms with Crippen LogP contribution in [0.5, 0.6) is 5.88 Å². The first-order chi connectivity index (χ1) is 12.3. The van der Waals surface area contributed by atoms with Crippen molar-refractivity contribution in [3.05, 3.63) is 24.2 Å². The summed E-state index contributed by atoms with van der Waals surface area (Å²) in [5.74, 6) is 0.940. The van der Waals surface area contributed by atoms with Crippen LogP contribution in [0.1, 0.15) is 19.0 Å². The van der Waals surface area contributed by atoms with E-state index < -0.39 is 8.07 Å². The second-order valence-corrected chi connectivity index (χ2v) is 13.0. The summed E-state index contributed by atoms with van der Waals surface area (Å²) in [5.41, 5.74) is 1.64. The van der Waals surface area contributed by atoms with Gasteiger partial charge in [0.2, 0.25) is 5.88 Å². The molecule has 0 saturated carbocycles. The molecule has 142 valence electrons. The number of carbonyl (C=O) groups excluding carboxylic acids is 1. The number of nitrogens with zero attached hydrogens (tertiary/aromatic N) is 4. The van der Waals surface area contributed by atoms with Crippen LogP contribution in [0.2, 0.25) is 25.7 Å². The van der Waals surface area contributed by atoms with E-state index in [2.05, 4.69) is 34.7 Å². The van der Waals surface area contributed by atoms with Crippen molar-refractivity contribution >= 4 is 14.0 Å². The van der Waals surface area contributed by atoms with Gasteiger partial charge >= 0.3 is 5.97 Å². The van der Waals surface area contributed by atoms with E-state index in [4.69, 9.17) is 9.47 Å². The van der Waals surface area contributed by atoms with Gasteiger partial charge in [-0.3, -0.25) is 9.48 Å². The molecule has 0 spiro atoms. The first-order valence-corrected chi connectivity index (χ1v) is 12.6. The Morgan fingerprint density at radius 3 is 2.73 bits per heavy atom. The van der Waals surface area contributed by atoms with Gasteiger partial charge in [-0.1, -0.05) is 19.6 Å². The first-order valence-electron chi connectivity index (χ1n) is 8.94. The van der Waals surface area contributed by atoms with Gasteiger partial charge in [-0.15, -0.1) is 0 Å². The fourth-order valence-electron chi connectivity index (χ4n) is 2.24. The number of aromatic nitrogens is 4. The molecule has 0 amide bonds. The number of ether oxygens (including phenoxy) is 2. The van der Waals surface area contributed by atoms with Crippen molar-refractivity contribution in [2.24, 2.45) is 0 Å². The van der Waals surface area contributed by atoms with Gasteiger partial charge in [-0.25, -0.2) is 4.98 Å². The predicted octanol–water partition coefficient (Wildman–Crippen LogP) is 3.32. The summed E-state index contributed by atoms with van der Waals surface area (Å²) in [6.45, 7) is 12.2. The van der Waals surface area contributed by atoms with Gasteiger partial charge in [0, 0.05) is 26.0 Å². The van der Waals surface area contributed by atoms with Crippen LogP contribution in [0.3, 0.4) is 0 Å². The molecule has 0 aliphatic carbocycles. The van der Waals surface area contributed by atoms with Crippen molar-refractivity contribution in [3.63, 3.8) is 0 Å². The van der Waals surface area contributed by atoms with Crippen LogP contribution in [0.25, 0.3) is 11.4 Å². The third-order valence-electron chi connectivity index (χ3n) is 3.67. The van der Waals surface area contributed by atoms with Gasteiger partial charge in [0.15, 0.2) is 5.82 Å². The van der Waals surface area contributed by atoms with Crippen molar-refractivity contribution in [2.45, 2.75) is 52.5 Å². The Morgan fingerprint density at radius 1 is 1.27 bits per heavy atom. The van der Waals surface area contributed by atoms with Crippen LogP contribution >= 0.6 is 0 Å². The second-order valence-electron chi connectivity index (χ2n) is 7.38. The van der Waals surface area contributed by atoms with Crippen molar-refractivity contribution in [2.75, 3.05) is 13.2 Å². The number of aryl methyl sites for hydroxylation is 2. The van der Waals surface area contributed by atoms with Gasteiger partial charge in [0.1, 0.15) is 0 Å². The molecule has 0 fully saturated rings. The largest absolute Gasteiger partial charge is 0.478 e. The molecule has 8 heteroatoms. The summed E-state index contributed by atoms with van der Waals surface area (Å²) >= 11 is 0. The molecule has 26 heavy (non-hydrogen) atoms. The van der Waals surface area contributed by atoms with Gasteiger partial charge in [0.05, 0.1) is 37.9 Å². The summed E-state index contributed by atoms with van der Waals surface area (Å²) < 4.78 is 12.5. The van der Waals surface area contributed by atoms with Gasteiger partial charge in [-0.2, -0.15) is 10.1 Å². The average Bonchev–Trinajstić information content (AvgIpc) is 3.00. The molecule has 2 rings (SSSR count). The minimum Gasteiger partial charge on any atom is -0.478 e. The van der Waals surface area contributed by atoms with Crippen molar-refractivity contribution in [1.82, 2.24) is 19.7 Å². The summed E-state index contributed by atoms with van der Waals surface area (Å²) in [4.78, 5) is 20.4. The molecule has 2 heterocycles. The molecule has 0 saturated heterocycles. The minimum atomic E-state index is -1.14. The highest BCUT2D eigenvalue weighted by Gasteiger charge is 2.14. The molecule has 2 aromatic rings. The smallest absolute Gasteiger partial charge is 0.307 e. The van der Waals surface area contributed by atoms with Crippen molar-refractivity contribution in [1.29, 1.82) is 0 Å². The Morgan fingerprint density at radius 2 is 2.04 bits per heavy atom. The van der Waals surface area contributed by atoms with E-state index in [-0.39, 0.29) is 12.4 Å². The standard InChI is InChI=1S/C18H28N4O3Si/c1-6-24-17(23)7-8-22-13-15(12-19-22)18-20-14(2)11-16(21-18)25-9-10-26(3,4)5/h11-13H,6-10H2,1-5H3. The zero-order chi connectivity index (χ0) is 19.2. The Labute approximate surface area is 155 Å². The number of hydrogen-bond donors (Lipinski definition) is 0. The van der Waals surface area contributed by atoms with E-state index in [0.717, 1.165) is 17.3 Å². The van der Waals surface area contributed by atoms with E-state index in [1.54, 1.807) is 17.8 Å². The topological polar surface area (TPSA) is 79.1 Å². The monoisotopic (exact) mass is 376 g/mol. The Bertz CT molecular complexity index is 740. The highest BCUT2D eigenvalue weighted by molar-refractivity contribution is 6.76. The third-order valence-corrected chi connectivity index (χ3v) is 5.38. The van der Waals surface area contributed by atoms with Crippen LogP contribution in [-0.4, -0.2) is 47.0 Å². The van der Waals surface area contributed by atoms with Crippen LogP contribution in [0.15, 0.2) is 18.5 Å². The SMILES string of the molecule is CCOC(=O)CCn1cc(-c2nc(C)cc(OCC[Si](C)(C)C)n2)cn1. The second kappa shape index (κ2) is 8.93. The molecular formula is C18H28N4O3Si. The Hall–Kier alpha value is -2.22. The highest BCUT2D eigenvalue weighted by Crippen LogP contribution is 2.19. The van der Waals surface area contributed by atoms with E-state index in [1.807, 2.05) is 19.2 Å². The van der Waals surface area contributed by atoms with Crippen molar-refractivity contribution in [3.8, 4) is 17.3 Å². The summed E-state index contributed by atoms with van der Waals surface area (Å²) in [5, 5.41) is 4.27. The molecule has 0 aliphatic rings. The van der Waals surface area contributed by atoms with E-state index >= 15 is 0 Å². The first kappa shape index (κ1) is 20.1. The predicted molar refractivity (Wildman–Crippen MR) is 103 cm³/mol. The zero-order valence-electron chi connectivity index (χ0n) is 16.3. The Kier molecular flexibility index (Phi) is 6.90. The molecule has 0 radical (unpaired) electrons. The number of carbonyl (C=O) groups is 1. The van der Waals surface area contributed by atoms with Gasteiger partial charge in [-0.05, 0) is 19.9 Å². The Balaban J connectivity index is 2.03. The fraction of sp³-hybridized carbons (Fsp3) is 0.556. The van der Waals surface area contributed by atoms with Crippen LogP contribution < -0.4 is 4.74 Å². The van der Waals surface area contributed by atoms with Gasteiger partial charge < -0.3 is 9.47 Å². The lowest BCUT2D eigenvalue weighted by Crippen LogP contribution is -2.22. The molecule has 0 unspecified atom stereocenters. The highest BCUT2D eigenvalue weighted by atomic mass is 28.3. The maximum atomic E-state index is 11.5. The molecular weight excluding hydrogens is 348 g/mol. The minimum absolute atomic E-state index is 0.227. The number of esters is 1. The molecule has 2 aromatic heterocycles. The van der Waals surface area contributed by atoms with Crippen LogP contribution in [-0.2, 0) is 16.1 Å². The van der Waals surface area contributed by atoms with E-state index in [9.17, 15) is 4.79 Å². The zero-order valence-corrected chi connectivity index (χ0v) is 17.3. The normalized spacial score (nSPS) is 11.4. The quantitative estimate of drug-likeness (QED) is 0.493. The lowest BCUT2D eigenvalue weighted by atomic mass is 10.3. The maximum absolute atomic E-state index is 11.5. The molecule has 0 bridgehead atoms. The van der Waals surface area contributed by atoms with Crippen molar-refractivity contribution < 1.29 is 14.3 Å². The van der Waals surface area contributed by atoms with Crippen LogP contribution in [0, 0.1) is 6.92 Å². The van der Waals surface area contributed by atoms with Crippen LogP contribution in [0.4, 0.5) is 0 Å². The molecule has 0 aliphatic heterocycles. The molecule has 0 aromatic carbocycles. The number of rotatable bonds is 9. The van der Waals surface area contributed by atoms with Gasteiger partial charge in [0.25, 0.3) is 0 Å². The summed E-state index contributed by atoms with van der Waals surface area (Å²) in [6, 6.07) is 2.93. The average molecular weight is 377 g/mol. The molecule has 0 atom stereocenters. The lowest BCUT2D eigenvalue weighted by Gasteiger charge is -2.15. The third kappa shape index (κ3) is 6.59. The van der Waals surface area contributed by atoms with E-state index in [1.165, 1.54) is 0 Å². The lowest BCUT2D eigenvalue weighted by molar-refractivity contribution is -0.143. The maximum Gasteiger partial charge on any atom is 0.307 e. The summed E-state index contributed by atoms with van der Waals surface area (Å²) in [6.07, 6.45) is 3.82. The summed E-state index contributed by atoms with van der Waals surface area (Å²) in [7, 11) is -1.14. The van der Waals surface area contributed by atoms with E-state index in [0.29, 0.717) is 31.5 Å². The fourth-order valence-corrected chi connectivity index (χ4v) is 2.96. The molecule has 7 nitrogen and oxygen atoms in total. The molecule has 0 N–H and O–H groups in total. The number of hydrogen-bond acceptors (Lipinski definition) is 6.